The smallest absolute Gasteiger partial charge is 0.396 e. The maximum atomic E-state index is 12.2. The molecular weight excluding hydrogens is 254 g/mol. The van der Waals surface area contributed by atoms with E-state index in [2.05, 4.69) is 9.47 Å². The van der Waals surface area contributed by atoms with Crippen LogP contribution in [0.3, 0.4) is 0 Å². The summed E-state index contributed by atoms with van der Waals surface area (Å²) < 4.78 is 33.0. The first-order valence-corrected chi connectivity index (χ1v) is 4.08. The van der Waals surface area contributed by atoms with Crippen LogP contribution in [-0.2, 0) is 14.3 Å². The quantitative estimate of drug-likeness (QED) is 0.580. The van der Waals surface area contributed by atoms with Crippen LogP contribution < -0.4 is 0 Å². The third-order valence-electron chi connectivity index (χ3n) is 1.06. The van der Waals surface area contributed by atoms with Crippen LogP contribution in [0.5, 0.6) is 0 Å². The van der Waals surface area contributed by atoms with Gasteiger partial charge < -0.3 is 14.6 Å². The lowest BCUT2D eigenvalue weighted by molar-refractivity contribution is -0.169. The average Bonchev–Trinajstić information content (AvgIpc) is 2.01. The summed E-state index contributed by atoms with van der Waals surface area (Å²) in [5.41, 5.74) is 0. The Hall–Kier alpha value is -0.270. The van der Waals surface area contributed by atoms with E-state index in [0.717, 1.165) is 0 Å². The van der Waals surface area contributed by atoms with E-state index in [4.69, 9.17) is 5.11 Å². The lowest BCUT2D eigenvalue weighted by atomic mass is 10.4. The number of aliphatic hydroxyl groups excluding tert-OH is 1. The Kier molecular flexibility index (Phi) is 5.34. The van der Waals surface area contributed by atoms with Crippen LogP contribution in [0.25, 0.3) is 0 Å². The number of esters is 1. The molecule has 0 aliphatic heterocycles. The number of hydrogen-bond donors (Lipinski definition) is 1. The van der Waals surface area contributed by atoms with Crippen molar-refractivity contribution >= 4 is 21.9 Å². The van der Waals surface area contributed by atoms with Gasteiger partial charge in [0.1, 0.15) is 6.10 Å². The molecule has 0 aliphatic carbocycles. The van der Waals surface area contributed by atoms with Gasteiger partial charge in [-0.3, -0.25) is 0 Å². The lowest BCUT2D eigenvalue weighted by Gasteiger charge is -2.16. The molecule has 0 saturated carbocycles. The number of carbonyl (C=O) groups is 1. The molecule has 0 aromatic rings. The molecule has 0 heterocycles. The molecule has 0 rings (SSSR count). The fraction of sp³-hybridized carbons (Fsp3) is 0.833. The third kappa shape index (κ3) is 5.12. The average molecular weight is 263 g/mol. The van der Waals surface area contributed by atoms with E-state index < -0.39 is 23.5 Å². The number of halogens is 3. The Balaban J connectivity index is 4.01. The summed E-state index contributed by atoms with van der Waals surface area (Å²) in [6, 6.07) is 0. The van der Waals surface area contributed by atoms with Crippen molar-refractivity contribution in [3.8, 4) is 0 Å². The van der Waals surface area contributed by atoms with E-state index in [1.54, 1.807) is 0 Å². The van der Waals surface area contributed by atoms with Crippen molar-refractivity contribution in [3.05, 3.63) is 0 Å². The molecule has 0 spiro atoms. The number of hydrogen-bond acceptors (Lipinski definition) is 4. The van der Waals surface area contributed by atoms with Gasteiger partial charge in [0.2, 0.25) is 0 Å². The van der Waals surface area contributed by atoms with Crippen molar-refractivity contribution in [1.29, 1.82) is 0 Å². The van der Waals surface area contributed by atoms with Gasteiger partial charge in [-0.15, -0.1) is 0 Å². The van der Waals surface area contributed by atoms with Crippen LogP contribution in [0.2, 0.25) is 0 Å². The Bertz CT molecular complexity index is 171. The molecule has 1 unspecified atom stereocenters. The second-order valence-electron chi connectivity index (χ2n) is 2.16. The summed E-state index contributed by atoms with van der Waals surface area (Å²) in [6.07, 6.45) is -1.07. The Labute approximate surface area is 81.9 Å². The molecule has 4 nitrogen and oxygen atoms in total. The van der Waals surface area contributed by atoms with E-state index >= 15 is 0 Å². The first kappa shape index (κ1) is 12.7. The molecule has 7 heteroatoms. The SMILES string of the molecule is COCC(CO)OC(=O)C(F)(F)Br. The topological polar surface area (TPSA) is 55.8 Å². The molecule has 0 aromatic heterocycles. The van der Waals surface area contributed by atoms with Gasteiger partial charge in [0, 0.05) is 23.0 Å². The Morgan fingerprint density at radius 3 is 2.54 bits per heavy atom. The van der Waals surface area contributed by atoms with Crippen LogP contribution in [0.1, 0.15) is 0 Å². The van der Waals surface area contributed by atoms with Crippen LogP contribution >= 0.6 is 15.9 Å². The second-order valence-corrected chi connectivity index (χ2v) is 3.16. The van der Waals surface area contributed by atoms with Crippen molar-refractivity contribution < 1.29 is 28.2 Å². The fourth-order valence-electron chi connectivity index (χ4n) is 0.528. The standard InChI is InChI=1S/C6H9BrF2O4/c1-12-3-4(2-10)13-5(11)6(7,8)9/h4,10H,2-3H2,1H3. The molecule has 0 amide bonds. The molecule has 0 aliphatic rings. The van der Waals surface area contributed by atoms with Crippen molar-refractivity contribution in [2.75, 3.05) is 20.3 Å². The molecule has 78 valence electrons. The molecule has 1 N–H and O–H groups in total. The monoisotopic (exact) mass is 262 g/mol. The predicted octanol–water partition coefficient (Wildman–Crippen LogP) is 0.525. The molecule has 0 bridgehead atoms. The number of methoxy groups -OCH3 is 1. The van der Waals surface area contributed by atoms with Crippen LogP contribution in [0, 0.1) is 0 Å². The summed E-state index contributed by atoms with van der Waals surface area (Å²) in [6.45, 7) is -0.700. The van der Waals surface area contributed by atoms with Crippen molar-refractivity contribution in [2.24, 2.45) is 0 Å². The molecule has 0 aromatic carbocycles. The highest BCUT2D eigenvalue weighted by molar-refractivity contribution is 9.10. The summed E-state index contributed by atoms with van der Waals surface area (Å²) >= 11 is 1.82. The molecule has 0 radical (unpaired) electrons. The molecule has 0 fully saturated rings. The minimum absolute atomic E-state index is 0.134. The number of aliphatic hydroxyl groups is 1. The fourth-order valence-corrected chi connectivity index (χ4v) is 0.622. The maximum absolute atomic E-state index is 12.2. The summed E-state index contributed by atoms with van der Waals surface area (Å²) in [5.74, 6) is -1.75. The highest BCUT2D eigenvalue weighted by Crippen LogP contribution is 2.23. The largest absolute Gasteiger partial charge is 0.452 e. The predicted molar refractivity (Wildman–Crippen MR) is 42.7 cm³/mol. The lowest BCUT2D eigenvalue weighted by Crippen LogP contribution is -2.33. The zero-order chi connectivity index (χ0) is 10.5. The van der Waals surface area contributed by atoms with E-state index in [0.29, 0.717) is 0 Å². The van der Waals surface area contributed by atoms with Gasteiger partial charge >= 0.3 is 10.8 Å². The molecule has 0 saturated heterocycles. The first-order valence-electron chi connectivity index (χ1n) is 3.29. The van der Waals surface area contributed by atoms with Gasteiger partial charge in [0.15, 0.2) is 0 Å². The van der Waals surface area contributed by atoms with E-state index in [9.17, 15) is 13.6 Å². The highest BCUT2D eigenvalue weighted by Gasteiger charge is 2.38. The molecule has 13 heavy (non-hydrogen) atoms. The minimum atomic E-state index is -3.73. The van der Waals surface area contributed by atoms with Crippen LogP contribution in [-0.4, -0.2) is 42.3 Å². The number of alkyl halides is 3. The molecular formula is C6H9BrF2O4. The summed E-state index contributed by atoms with van der Waals surface area (Å²) in [4.78, 5) is 6.79. The van der Waals surface area contributed by atoms with Crippen LogP contribution in [0.15, 0.2) is 0 Å². The van der Waals surface area contributed by atoms with E-state index in [-0.39, 0.29) is 6.61 Å². The number of carbonyl (C=O) groups excluding carboxylic acids is 1. The van der Waals surface area contributed by atoms with Gasteiger partial charge in [0.05, 0.1) is 13.2 Å². The summed E-state index contributed by atoms with van der Waals surface area (Å²) in [5, 5.41) is 8.55. The van der Waals surface area contributed by atoms with Crippen molar-refractivity contribution in [3.63, 3.8) is 0 Å². The minimum Gasteiger partial charge on any atom is -0.452 e. The van der Waals surface area contributed by atoms with Gasteiger partial charge in [-0.25, -0.2) is 4.79 Å². The van der Waals surface area contributed by atoms with E-state index in [1.165, 1.54) is 7.11 Å². The highest BCUT2D eigenvalue weighted by atomic mass is 79.9. The van der Waals surface area contributed by atoms with Crippen molar-refractivity contribution in [2.45, 2.75) is 10.9 Å². The normalized spacial score (nSPS) is 13.9. The maximum Gasteiger partial charge on any atom is 0.396 e. The molecule has 1 atom stereocenters. The zero-order valence-electron chi connectivity index (χ0n) is 6.80. The Morgan fingerprint density at radius 2 is 2.23 bits per heavy atom. The van der Waals surface area contributed by atoms with Gasteiger partial charge in [-0.05, 0) is 0 Å². The zero-order valence-corrected chi connectivity index (χ0v) is 8.38. The third-order valence-corrected chi connectivity index (χ3v) is 1.39. The number of rotatable bonds is 5. The van der Waals surface area contributed by atoms with Crippen LogP contribution in [0.4, 0.5) is 8.78 Å². The second kappa shape index (κ2) is 5.46. The van der Waals surface area contributed by atoms with Gasteiger partial charge in [-0.1, -0.05) is 0 Å². The van der Waals surface area contributed by atoms with Gasteiger partial charge in [-0.2, -0.15) is 8.78 Å². The first-order chi connectivity index (χ1) is 5.91. The Morgan fingerprint density at radius 1 is 1.69 bits per heavy atom. The summed E-state index contributed by atoms with van der Waals surface area (Å²) in [7, 11) is 1.29. The van der Waals surface area contributed by atoms with E-state index in [1.807, 2.05) is 15.9 Å². The van der Waals surface area contributed by atoms with Crippen molar-refractivity contribution in [1.82, 2.24) is 0 Å². The van der Waals surface area contributed by atoms with Gasteiger partial charge in [0.25, 0.3) is 0 Å². The number of ether oxygens (including phenoxy) is 2.